The third-order valence-corrected chi connectivity index (χ3v) is 18.6. The van der Waals surface area contributed by atoms with Crippen molar-refractivity contribution in [2.24, 2.45) is 0 Å². The van der Waals surface area contributed by atoms with Gasteiger partial charge in [-0.3, -0.25) is 17.6 Å². The second-order valence-corrected chi connectivity index (χ2v) is 28.0. The van der Waals surface area contributed by atoms with Crippen LogP contribution in [0.25, 0.3) is 111 Å². The van der Waals surface area contributed by atoms with E-state index in [1.165, 1.54) is 22.3 Å². The Balaban J connectivity index is 0.000000267. The average Bonchev–Trinajstić information content (AvgIpc) is 0.825. The second kappa shape index (κ2) is 60.2. The van der Waals surface area contributed by atoms with Crippen LogP contribution in [0.2, 0.25) is 0 Å². The van der Waals surface area contributed by atoms with Crippen molar-refractivity contribution in [2.45, 2.75) is 27.7 Å². The van der Waals surface area contributed by atoms with Gasteiger partial charge in [0.25, 0.3) is 0 Å². The molecule has 16 aromatic rings. The van der Waals surface area contributed by atoms with Gasteiger partial charge < -0.3 is 61.2 Å². The number of halogens is 4. The Labute approximate surface area is 826 Å². The Morgan fingerprint density at radius 1 is 0.295 bits per heavy atom. The van der Waals surface area contributed by atoms with E-state index in [-0.39, 0.29) is 89.0 Å². The fourth-order valence-electron chi connectivity index (χ4n) is 12.0. The van der Waals surface area contributed by atoms with Gasteiger partial charge >= 0.3 is 77.9 Å². The zero-order valence-corrected chi connectivity index (χ0v) is 80.0. The zero-order chi connectivity index (χ0) is 91.0. The zero-order valence-electron chi connectivity index (χ0n) is 73.5. The quantitative estimate of drug-likeness (QED) is 0.0316. The molecule has 16 rings (SSSR count). The minimum atomic E-state index is -0.649. The first-order chi connectivity index (χ1) is 62.2. The van der Waals surface area contributed by atoms with Crippen LogP contribution in [0.3, 0.4) is 0 Å². The number of benzene rings is 12. The van der Waals surface area contributed by atoms with Crippen molar-refractivity contribution in [3.8, 4) is 89.5 Å². The fraction of sp³-hybridized carbons (Fsp3) is 0.0714. The third kappa shape index (κ3) is 37.0. The van der Waals surface area contributed by atoms with E-state index in [0.29, 0.717) is 22.8 Å². The van der Waals surface area contributed by atoms with Crippen molar-refractivity contribution < 1.29 is 95.5 Å². The Morgan fingerprint density at radius 3 is 0.826 bits per heavy atom. The normalized spacial score (nSPS) is 10.2. The summed E-state index contributed by atoms with van der Waals surface area (Å²) in [5.41, 5.74) is 21.0. The van der Waals surface area contributed by atoms with Crippen molar-refractivity contribution in [2.75, 3.05) is 47.8 Å². The van der Waals surface area contributed by atoms with Gasteiger partial charge in [-0.05, 0) is 95.5 Å². The summed E-state index contributed by atoms with van der Waals surface area (Å²) in [5.74, 6) is -2.57. The first-order valence-electron chi connectivity index (χ1n) is 40.5. The molecule has 0 aliphatic carbocycles. The summed E-state index contributed by atoms with van der Waals surface area (Å²) in [5, 5.41) is 36.0. The standard InChI is InChI=1S/2C18H18N2.2C16H14N2.2C11H6F2N.2C11H8N.4Rh/c2*1-14(19)12-15(2)20(3)18-11-7-10-17(13-18)16-8-5-4-6-9-16;2*1-18(12-6-11-17)16-10-5-9-15(13-16)14-7-3-2-4-8-14;2*12-8-4-5-9(10(13)7-8)11-3-1-2-6-14-11;2*1-2-6-10(7-3-1)11-8-4-5-9-12-11;;;;/h2*4-10,12-13H,1-3H3;2*2-9,11-13H,1H3;2*1-4,6-7H;2*1-6,8-9H;;;;/q4*-2;4*-1;4*+3/b2*15-12-;2*12-6-;;;;;;;;. The number of rotatable bonds is 20. The Bertz CT molecular complexity index is 5750. The Kier molecular flexibility index (Phi) is 49.6. The van der Waals surface area contributed by atoms with Gasteiger partial charge in [-0.15, -0.1) is 143 Å². The molecule has 0 radical (unpaired) electrons. The molecule has 0 aliphatic rings. The van der Waals surface area contributed by atoms with Crippen molar-refractivity contribution >= 4 is 46.6 Å². The van der Waals surface area contributed by atoms with Gasteiger partial charge in [0, 0.05) is 87.6 Å². The summed E-state index contributed by atoms with van der Waals surface area (Å²) >= 11 is 0. The van der Waals surface area contributed by atoms with Gasteiger partial charge in [0.2, 0.25) is 0 Å². The number of pyridine rings is 4. The minimum Gasteiger partial charge on any atom is -0.811 e. The summed E-state index contributed by atoms with van der Waals surface area (Å²) in [6.07, 6.45) is 18.9. The van der Waals surface area contributed by atoms with Gasteiger partial charge in [0.1, 0.15) is 0 Å². The largest absolute Gasteiger partial charge is 3.00 e. The number of hydrogen-bond donors (Lipinski definition) is 0. The average molecular weight is 2090 g/mol. The van der Waals surface area contributed by atoms with Crippen LogP contribution in [0.15, 0.2) is 413 Å². The van der Waals surface area contributed by atoms with Crippen LogP contribution in [-0.2, 0) is 77.9 Å². The molecule has 0 aliphatic heterocycles. The SMILES string of the molecule is CC(=[N-])/C=C(/C)N(C)c1[c-]ccc(-c2ccccc2)c1.CC(=[N-])/C=C(/C)N(C)c1[c-]ccc(-c2ccccc2)c1.CN(/C=C\C=[N-])c1[c-]ccc(-c2ccccc2)c1.CN(/C=C\C=[N-])c1[c-]ccc(-c2ccccc2)c1.Fc1c[c-]c(-c2ccccn2)c(F)c1.Fc1c[c-]c(-c2ccccn2)c(F)c1.[Rh+3].[Rh+3].[Rh+3].[Rh+3].[c-]1ccccc1-c1ccccn1.[c-]1ccccc1-c1ccccn1. The van der Waals surface area contributed by atoms with Crippen LogP contribution >= 0.6 is 0 Å². The maximum atomic E-state index is 13.2. The molecule has 12 nitrogen and oxygen atoms in total. The molecule has 0 fully saturated rings. The maximum absolute atomic E-state index is 13.2. The predicted molar refractivity (Wildman–Crippen MR) is 523 cm³/mol. The number of nitrogens with zero attached hydrogens (tertiary/aromatic N) is 12. The molecule has 664 valence electrons. The number of anilines is 4. The van der Waals surface area contributed by atoms with E-state index >= 15 is 0 Å². The van der Waals surface area contributed by atoms with Gasteiger partial charge in [0.15, 0.2) is 0 Å². The Hall–Kier alpha value is -13.7. The third-order valence-electron chi connectivity index (χ3n) is 18.6. The molecule has 0 N–H and O–H groups in total. The molecule has 4 heterocycles. The van der Waals surface area contributed by atoms with Gasteiger partial charge in [-0.25, -0.2) is 0 Å². The van der Waals surface area contributed by atoms with E-state index in [4.69, 9.17) is 10.8 Å². The molecule has 20 heteroatoms. The first kappa shape index (κ1) is 109. The number of aromatic nitrogens is 4. The molecular weight excluding hydrogens is 2000 g/mol. The minimum absolute atomic E-state index is 0. The van der Waals surface area contributed by atoms with Crippen LogP contribution in [0.1, 0.15) is 27.7 Å². The van der Waals surface area contributed by atoms with Gasteiger partial charge in [0.05, 0.1) is 0 Å². The van der Waals surface area contributed by atoms with E-state index in [9.17, 15) is 28.4 Å². The molecule has 0 spiro atoms. The molecule has 0 saturated carbocycles. The van der Waals surface area contributed by atoms with E-state index < -0.39 is 23.3 Å². The maximum Gasteiger partial charge on any atom is 3.00 e. The summed E-state index contributed by atoms with van der Waals surface area (Å²) in [6.45, 7) is 7.26. The van der Waals surface area contributed by atoms with Gasteiger partial charge in [-0.2, -0.15) is 96.6 Å². The van der Waals surface area contributed by atoms with Crippen molar-refractivity contribution in [1.29, 1.82) is 0 Å². The van der Waals surface area contributed by atoms with Gasteiger partial charge in [-0.1, -0.05) is 254 Å². The number of allylic oxidation sites excluding steroid dienone is 6. The molecule has 132 heavy (non-hydrogen) atoms. The predicted octanol–water partition coefficient (Wildman–Crippen LogP) is 27.3. The monoisotopic (exact) mass is 2090 g/mol. The van der Waals surface area contributed by atoms with Crippen LogP contribution in [-0.4, -0.2) is 72.0 Å². The Morgan fingerprint density at radius 2 is 0.568 bits per heavy atom. The van der Waals surface area contributed by atoms with Crippen molar-refractivity contribution in [1.82, 2.24) is 19.9 Å². The summed E-state index contributed by atoms with van der Waals surface area (Å²) in [6, 6.07) is 131. The molecule has 0 unspecified atom stereocenters. The molecule has 0 amide bonds. The van der Waals surface area contributed by atoms with Crippen LogP contribution in [0, 0.1) is 71.8 Å². The van der Waals surface area contributed by atoms with E-state index in [2.05, 4.69) is 153 Å². The van der Waals surface area contributed by atoms with E-state index in [1.54, 1.807) is 112 Å². The van der Waals surface area contributed by atoms with E-state index in [1.807, 2.05) is 256 Å². The molecule has 0 atom stereocenters. The number of hydrogen-bond acceptors (Lipinski definition) is 8. The summed E-state index contributed by atoms with van der Waals surface area (Å²) in [4.78, 5) is 24.1. The molecule has 12 aromatic carbocycles. The molecule has 4 aromatic heterocycles. The van der Waals surface area contributed by atoms with Crippen LogP contribution in [0.5, 0.6) is 0 Å². The van der Waals surface area contributed by atoms with Crippen LogP contribution in [0.4, 0.5) is 40.3 Å². The van der Waals surface area contributed by atoms with Crippen molar-refractivity contribution in [3.05, 3.63) is 506 Å². The molecular formula is C112H92F4N12Rh4. The molecule has 0 bridgehead atoms. The van der Waals surface area contributed by atoms with E-state index in [0.717, 1.165) is 116 Å². The van der Waals surface area contributed by atoms with Crippen LogP contribution < -0.4 is 19.6 Å². The smallest absolute Gasteiger partial charge is 0.811 e. The summed E-state index contributed by atoms with van der Waals surface area (Å²) in [7, 11) is 7.77. The molecule has 0 saturated heterocycles. The fourth-order valence-corrected chi connectivity index (χ4v) is 12.0. The summed E-state index contributed by atoms with van der Waals surface area (Å²) < 4.78 is 51.6. The first-order valence-corrected chi connectivity index (χ1v) is 40.5. The topological polar surface area (TPSA) is 154 Å². The second-order valence-electron chi connectivity index (χ2n) is 28.0. The van der Waals surface area contributed by atoms with Crippen molar-refractivity contribution in [3.63, 3.8) is 0 Å².